The smallest absolute Gasteiger partial charge is 0.0590 e. The first-order chi connectivity index (χ1) is 7.42. The summed E-state index contributed by atoms with van der Waals surface area (Å²) < 4.78 is 5.53. The van der Waals surface area contributed by atoms with Crippen LogP contribution < -0.4 is 10.6 Å². The van der Waals surface area contributed by atoms with E-state index in [1.165, 1.54) is 6.42 Å². The molecule has 0 fully saturated rings. The van der Waals surface area contributed by atoms with E-state index in [0.29, 0.717) is 6.04 Å². The Morgan fingerprint density at radius 2 is 1.69 bits per heavy atom. The van der Waals surface area contributed by atoms with Gasteiger partial charge in [-0.15, -0.1) is 0 Å². The molecule has 0 saturated heterocycles. The summed E-state index contributed by atoms with van der Waals surface area (Å²) in [6.45, 7) is 14.6. The Morgan fingerprint density at radius 1 is 1.00 bits per heavy atom. The summed E-state index contributed by atoms with van der Waals surface area (Å²) in [7, 11) is 0. The molecular formula is C13H30N2O. The Kier molecular flexibility index (Phi) is 8.90. The number of rotatable bonds is 9. The van der Waals surface area contributed by atoms with Crippen LogP contribution in [0, 0.1) is 0 Å². The average molecular weight is 230 g/mol. The van der Waals surface area contributed by atoms with Crippen molar-refractivity contribution in [2.24, 2.45) is 0 Å². The zero-order valence-corrected chi connectivity index (χ0v) is 11.7. The second-order valence-corrected chi connectivity index (χ2v) is 5.61. The van der Waals surface area contributed by atoms with Crippen molar-refractivity contribution < 1.29 is 4.74 Å². The Bertz CT molecular complexity index is 153. The van der Waals surface area contributed by atoms with E-state index >= 15 is 0 Å². The second-order valence-electron chi connectivity index (χ2n) is 5.61. The molecule has 0 unspecified atom stereocenters. The molecule has 16 heavy (non-hydrogen) atoms. The van der Waals surface area contributed by atoms with Gasteiger partial charge in [-0.25, -0.2) is 0 Å². The van der Waals surface area contributed by atoms with Gasteiger partial charge in [0.05, 0.1) is 6.61 Å². The lowest BCUT2D eigenvalue weighted by molar-refractivity contribution is 0.130. The Hall–Kier alpha value is -0.120. The number of hydrogen-bond acceptors (Lipinski definition) is 3. The van der Waals surface area contributed by atoms with Crippen LogP contribution in [0.3, 0.4) is 0 Å². The summed E-state index contributed by atoms with van der Waals surface area (Å²) >= 11 is 0. The predicted molar refractivity (Wildman–Crippen MR) is 70.9 cm³/mol. The molecule has 0 atom stereocenters. The maximum Gasteiger partial charge on any atom is 0.0590 e. The maximum atomic E-state index is 5.53. The minimum atomic E-state index is 0.238. The van der Waals surface area contributed by atoms with Crippen LogP contribution in [0.2, 0.25) is 0 Å². The first-order valence-corrected chi connectivity index (χ1v) is 6.48. The molecule has 0 radical (unpaired) electrons. The minimum absolute atomic E-state index is 0.238. The molecule has 3 nitrogen and oxygen atoms in total. The van der Waals surface area contributed by atoms with E-state index in [1.807, 2.05) is 0 Å². The first-order valence-electron chi connectivity index (χ1n) is 6.48. The molecule has 3 heteroatoms. The highest BCUT2D eigenvalue weighted by Crippen LogP contribution is 1.99. The molecule has 0 aliphatic heterocycles. The molecule has 0 aromatic heterocycles. The lowest BCUT2D eigenvalue weighted by Gasteiger charge is -2.20. The van der Waals surface area contributed by atoms with E-state index in [-0.39, 0.29) is 5.54 Å². The van der Waals surface area contributed by atoms with Gasteiger partial charge in [0.25, 0.3) is 0 Å². The van der Waals surface area contributed by atoms with Crippen LogP contribution in [0.15, 0.2) is 0 Å². The maximum absolute atomic E-state index is 5.53. The lowest BCUT2D eigenvalue weighted by Crippen LogP contribution is -2.36. The third-order valence-electron chi connectivity index (χ3n) is 2.17. The molecule has 0 spiro atoms. The van der Waals surface area contributed by atoms with E-state index < -0.39 is 0 Å². The van der Waals surface area contributed by atoms with Gasteiger partial charge in [-0.1, -0.05) is 13.8 Å². The molecule has 2 N–H and O–H groups in total. The highest BCUT2D eigenvalue weighted by molar-refractivity contribution is 4.69. The summed E-state index contributed by atoms with van der Waals surface area (Å²) in [5, 5.41) is 6.80. The zero-order chi connectivity index (χ0) is 12.4. The highest BCUT2D eigenvalue weighted by atomic mass is 16.5. The van der Waals surface area contributed by atoms with E-state index in [2.05, 4.69) is 45.3 Å². The molecule has 0 saturated carbocycles. The average Bonchev–Trinajstić information content (AvgIpc) is 2.13. The molecule has 0 aromatic carbocycles. The molecule has 0 rings (SSSR count). The normalized spacial score (nSPS) is 12.4. The zero-order valence-electron chi connectivity index (χ0n) is 11.7. The van der Waals surface area contributed by atoms with E-state index in [0.717, 1.165) is 32.7 Å². The summed E-state index contributed by atoms with van der Waals surface area (Å²) in [4.78, 5) is 0. The van der Waals surface area contributed by atoms with Crippen LogP contribution in [0.5, 0.6) is 0 Å². The van der Waals surface area contributed by atoms with E-state index in [1.54, 1.807) is 0 Å². The summed E-state index contributed by atoms with van der Waals surface area (Å²) in [5.74, 6) is 0. The number of hydrogen-bond donors (Lipinski definition) is 2. The van der Waals surface area contributed by atoms with Crippen molar-refractivity contribution >= 4 is 0 Å². The van der Waals surface area contributed by atoms with Crippen LogP contribution in [0.1, 0.15) is 47.5 Å². The monoisotopic (exact) mass is 230 g/mol. The van der Waals surface area contributed by atoms with Gasteiger partial charge in [-0.2, -0.15) is 0 Å². The van der Waals surface area contributed by atoms with Crippen molar-refractivity contribution in [3.63, 3.8) is 0 Å². The summed E-state index contributed by atoms with van der Waals surface area (Å²) in [6.07, 6.45) is 2.33. The molecule has 0 heterocycles. The largest absolute Gasteiger partial charge is 0.380 e. The SMILES string of the molecule is CC(C)NCCOCCCCNC(C)(C)C. The molecule has 0 amide bonds. The van der Waals surface area contributed by atoms with Crippen LogP contribution >= 0.6 is 0 Å². The third kappa shape index (κ3) is 13.9. The number of unbranched alkanes of at least 4 members (excludes halogenated alkanes) is 1. The van der Waals surface area contributed by atoms with Gasteiger partial charge in [-0.05, 0) is 40.2 Å². The second kappa shape index (κ2) is 8.97. The van der Waals surface area contributed by atoms with Crippen LogP contribution in [0.25, 0.3) is 0 Å². The fourth-order valence-electron chi connectivity index (χ4n) is 1.31. The topological polar surface area (TPSA) is 33.3 Å². The minimum Gasteiger partial charge on any atom is -0.380 e. The quantitative estimate of drug-likeness (QED) is 0.596. The van der Waals surface area contributed by atoms with Gasteiger partial charge >= 0.3 is 0 Å². The van der Waals surface area contributed by atoms with Crippen molar-refractivity contribution in [2.45, 2.75) is 59.0 Å². The fraction of sp³-hybridized carbons (Fsp3) is 1.00. The van der Waals surface area contributed by atoms with Crippen molar-refractivity contribution in [3.8, 4) is 0 Å². The van der Waals surface area contributed by atoms with Gasteiger partial charge in [-0.3, -0.25) is 0 Å². The number of ether oxygens (including phenoxy) is 1. The summed E-state index contributed by atoms with van der Waals surface area (Å²) in [6, 6.07) is 0.555. The number of nitrogens with one attached hydrogen (secondary N) is 2. The van der Waals surface area contributed by atoms with Gasteiger partial charge < -0.3 is 15.4 Å². The van der Waals surface area contributed by atoms with E-state index in [9.17, 15) is 0 Å². The lowest BCUT2D eigenvalue weighted by atomic mass is 10.1. The van der Waals surface area contributed by atoms with Crippen LogP contribution in [-0.2, 0) is 4.74 Å². The molecule has 0 aromatic rings. The van der Waals surface area contributed by atoms with Crippen LogP contribution in [0.4, 0.5) is 0 Å². The van der Waals surface area contributed by atoms with Gasteiger partial charge in [0.1, 0.15) is 0 Å². The van der Waals surface area contributed by atoms with Gasteiger partial charge in [0.2, 0.25) is 0 Å². The standard InChI is InChI=1S/C13H30N2O/c1-12(2)14-9-11-16-10-7-6-8-15-13(3,4)5/h12,14-15H,6-11H2,1-5H3. The van der Waals surface area contributed by atoms with Gasteiger partial charge in [0.15, 0.2) is 0 Å². The molecule has 0 bridgehead atoms. The van der Waals surface area contributed by atoms with Crippen LogP contribution in [-0.4, -0.2) is 37.9 Å². The highest BCUT2D eigenvalue weighted by Gasteiger charge is 2.06. The molecule has 98 valence electrons. The molecular weight excluding hydrogens is 200 g/mol. The van der Waals surface area contributed by atoms with Crippen molar-refractivity contribution in [1.29, 1.82) is 0 Å². The van der Waals surface area contributed by atoms with Crippen molar-refractivity contribution in [2.75, 3.05) is 26.3 Å². The Balaban J connectivity index is 3.05. The third-order valence-corrected chi connectivity index (χ3v) is 2.17. The Labute approximate surface area is 101 Å². The fourth-order valence-corrected chi connectivity index (χ4v) is 1.31. The molecule has 0 aliphatic rings. The van der Waals surface area contributed by atoms with Crippen molar-refractivity contribution in [3.05, 3.63) is 0 Å². The summed E-state index contributed by atoms with van der Waals surface area (Å²) in [5.41, 5.74) is 0.238. The Morgan fingerprint density at radius 3 is 2.25 bits per heavy atom. The molecule has 0 aliphatic carbocycles. The predicted octanol–water partition coefficient (Wildman–Crippen LogP) is 2.17. The first kappa shape index (κ1) is 15.9. The van der Waals surface area contributed by atoms with Crippen molar-refractivity contribution in [1.82, 2.24) is 10.6 Å². The van der Waals surface area contributed by atoms with E-state index in [4.69, 9.17) is 4.74 Å². The van der Waals surface area contributed by atoms with Gasteiger partial charge in [0, 0.05) is 24.7 Å².